The molecule has 0 unspecified atom stereocenters. The zero-order valence-corrected chi connectivity index (χ0v) is 13.3. The molecular weight excluding hydrogens is 330 g/mol. The van der Waals surface area contributed by atoms with E-state index in [-0.39, 0.29) is 5.91 Å². The normalized spacial score (nSPS) is 10.8. The molecule has 5 heteroatoms. The molecule has 2 heterocycles. The summed E-state index contributed by atoms with van der Waals surface area (Å²) in [5.41, 5.74) is 3.95. The van der Waals surface area contributed by atoms with E-state index in [9.17, 15) is 4.79 Å². The Morgan fingerprint density at radius 2 is 2.05 bits per heavy atom. The lowest BCUT2D eigenvalue weighted by Crippen LogP contribution is -2.12. The lowest BCUT2D eigenvalue weighted by atomic mass is 10.1. The van der Waals surface area contributed by atoms with Gasteiger partial charge in [-0.05, 0) is 49.7 Å². The predicted octanol–water partition coefficient (Wildman–Crippen LogP) is 4.19. The summed E-state index contributed by atoms with van der Waals surface area (Å²) in [5, 5.41) is 3.87. The zero-order chi connectivity index (χ0) is 15.0. The van der Waals surface area contributed by atoms with Crippen molar-refractivity contribution in [1.29, 1.82) is 0 Å². The minimum absolute atomic E-state index is 0.166. The summed E-state index contributed by atoms with van der Waals surface area (Å²) in [7, 11) is 0. The number of nitrogens with one attached hydrogen (secondary N) is 2. The molecule has 3 rings (SSSR count). The number of carbonyl (C=O) groups is 1. The molecule has 0 saturated heterocycles. The van der Waals surface area contributed by atoms with Gasteiger partial charge in [-0.3, -0.25) is 4.79 Å². The number of hydrogen-bond donors (Lipinski definition) is 2. The highest BCUT2D eigenvalue weighted by Gasteiger charge is 2.10. The Labute approximate surface area is 130 Å². The van der Waals surface area contributed by atoms with Gasteiger partial charge in [0.1, 0.15) is 5.82 Å². The van der Waals surface area contributed by atoms with Gasteiger partial charge in [0.2, 0.25) is 0 Å². The van der Waals surface area contributed by atoms with Crippen molar-refractivity contribution in [3.63, 3.8) is 0 Å². The fourth-order valence-corrected chi connectivity index (χ4v) is 2.60. The van der Waals surface area contributed by atoms with Crippen LogP contribution in [0.2, 0.25) is 0 Å². The highest BCUT2D eigenvalue weighted by Crippen LogP contribution is 2.23. The molecule has 106 valence electrons. The van der Waals surface area contributed by atoms with E-state index in [1.54, 1.807) is 12.3 Å². The second-order valence-corrected chi connectivity index (χ2v) is 5.86. The van der Waals surface area contributed by atoms with Crippen molar-refractivity contribution >= 4 is 38.6 Å². The first-order valence-electron chi connectivity index (χ1n) is 6.56. The van der Waals surface area contributed by atoms with Crippen LogP contribution in [-0.2, 0) is 0 Å². The van der Waals surface area contributed by atoms with E-state index in [2.05, 4.69) is 31.2 Å². The molecule has 1 aromatic carbocycles. The highest BCUT2D eigenvalue weighted by molar-refractivity contribution is 9.10. The number of H-pyrrole nitrogens is 1. The molecule has 1 amide bonds. The van der Waals surface area contributed by atoms with E-state index in [0.29, 0.717) is 11.4 Å². The van der Waals surface area contributed by atoms with Crippen molar-refractivity contribution < 1.29 is 4.79 Å². The minimum Gasteiger partial charge on any atom is -0.358 e. The van der Waals surface area contributed by atoms with Crippen molar-refractivity contribution in [2.24, 2.45) is 0 Å². The Morgan fingerprint density at radius 1 is 1.24 bits per heavy atom. The molecular formula is C16H14BrN3O. The zero-order valence-electron chi connectivity index (χ0n) is 11.7. The molecule has 0 aliphatic heterocycles. The Bertz CT molecular complexity index is 839. The van der Waals surface area contributed by atoms with Crippen LogP contribution >= 0.6 is 15.9 Å². The van der Waals surface area contributed by atoms with Crippen LogP contribution in [-0.4, -0.2) is 15.9 Å². The maximum atomic E-state index is 12.3. The monoisotopic (exact) mass is 343 g/mol. The molecule has 0 saturated carbocycles. The van der Waals surface area contributed by atoms with Crippen molar-refractivity contribution in [3.8, 4) is 0 Å². The van der Waals surface area contributed by atoms with Crippen LogP contribution in [0.4, 0.5) is 5.82 Å². The topological polar surface area (TPSA) is 57.8 Å². The number of pyridine rings is 1. The summed E-state index contributed by atoms with van der Waals surface area (Å²) in [6.45, 7) is 4.08. The number of amides is 1. The van der Waals surface area contributed by atoms with E-state index >= 15 is 0 Å². The van der Waals surface area contributed by atoms with Gasteiger partial charge in [0.05, 0.1) is 0 Å². The lowest BCUT2D eigenvalue weighted by Gasteiger charge is -2.05. The number of anilines is 1. The Morgan fingerprint density at radius 3 is 2.81 bits per heavy atom. The van der Waals surface area contributed by atoms with Gasteiger partial charge in [-0.25, -0.2) is 4.98 Å². The average Bonchev–Trinajstić information content (AvgIpc) is 2.74. The Kier molecular flexibility index (Phi) is 3.51. The molecule has 2 aromatic heterocycles. The molecule has 3 aromatic rings. The smallest absolute Gasteiger partial charge is 0.256 e. The highest BCUT2D eigenvalue weighted by atomic mass is 79.9. The largest absolute Gasteiger partial charge is 0.358 e. The maximum Gasteiger partial charge on any atom is 0.256 e. The average molecular weight is 344 g/mol. The molecule has 0 aliphatic carbocycles. The van der Waals surface area contributed by atoms with Crippen LogP contribution < -0.4 is 5.32 Å². The predicted molar refractivity (Wildman–Crippen MR) is 87.7 cm³/mol. The van der Waals surface area contributed by atoms with Gasteiger partial charge in [-0.1, -0.05) is 15.9 Å². The van der Waals surface area contributed by atoms with E-state index in [4.69, 9.17) is 0 Å². The molecule has 0 bridgehead atoms. The number of hydrogen-bond acceptors (Lipinski definition) is 2. The summed E-state index contributed by atoms with van der Waals surface area (Å²) in [4.78, 5) is 19.7. The number of fused-ring (bicyclic) bond motifs is 1. The fraction of sp³-hybridized carbons (Fsp3) is 0.125. The molecule has 4 nitrogen and oxygen atoms in total. The van der Waals surface area contributed by atoms with Gasteiger partial charge in [-0.15, -0.1) is 0 Å². The molecule has 0 fully saturated rings. The summed E-state index contributed by atoms with van der Waals surface area (Å²) in [5.74, 6) is 0.359. The first-order chi connectivity index (χ1) is 10.0. The van der Waals surface area contributed by atoms with E-state index < -0.39 is 0 Å². The molecule has 0 atom stereocenters. The second kappa shape index (κ2) is 5.33. The van der Waals surface area contributed by atoms with Gasteiger partial charge in [0, 0.05) is 32.8 Å². The van der Waals surface area contributed by atoms with Gasteiger partial charge < -0.3 is 10.3 Å². The summed E-state index contributed by atoms with van der Waals surface area (Å²) in [6, 6.07) is 9.22. The van der Waals surface area contributed by atoms with Crippen molar-refractivity contribution in [2.45, 2.75) is 13.8 Å². The van der Waals surface area contributed by atoms with Gasteiger partial charge in [-0.2, -0.15) is 0 Å². The number of carbonyl (C=O) groups excluding carboxylic acids is 1. The van der Waals surface area contributed by atoms with Crippen LogP contribution in [0.3, 0.4) is 0 Å². The second-order valence-electron chi connectivity index (χ2n) is 4.95. The molecule has 2 N–H and O–H groups in total. The van der Waals surface area contributed by atoms with E-state index in [0.717, 1.165) is 21.1 Å². The van der Waals surface area contributed by atoms with Crippen LogP contribution in [0.25, 0.3) is 10.9 Å². The van der Waals surface area contributed by atoms with Crippen LogP contribution in [0.15, 0.2) is 41.0 Å². The standard InChI is InChI=1S/C16H14BrN3O/c1-9-10(2)19-14-4-3-11(7-13(9)14)16(21)20-15-8-12(17)5-6-18-15/h3-8,19H,1-2H3,(H,18,20,21). The number of halogens is 1. The third-order valence-corrected chi connectivity index (χ3v) is 4.03. The van der Waals surface area contributed by atoms with Gasteiger partial charge in [0.25, 0.3) is 5.91 Å². The molecule has 21 heavy (non-hydrogen) atoms. The molecule has 0 aliphatic rings. The summed E-state index contributed by atoms with van der Waals surface area (Å²) >= 11 is 3.36. The van der Waals surface area contributed by atoms with E-state index in [1.807, 2.05) is 38.1 Å². The number of benzene rings is 1. The number of nitrogens with zero attached hydrogens (tertiary/aromatic N) is 1. The van der Waals surface area contributed by atoms with Crippen LogP contribution in [0, 0.1) is 13.8 Å². The molecule has 0 spiro atoms. The first kappa shape index (κ1) is 13.8. The van der Waals surface area contributed by atoms with Gasteiger partial charge >= 0.3 is 0 Å². The Balaban J connectivity index is 1.92. The summed E-state index contributed by atoms with van der Waals surface area (Å²) in [6.07, 6.45) is 1.64. The minimum atomic E-state index is -0.166. The van der Waals surface area contributed by atoms with Crippen molar-refractivity contribution in [3.05, 3.63) is 57.8 Å². The SMILES string of the molecule is Cc1[nH]c2ccc(C(=O)Nc3cc(Br)ccn3)cc2c1C. The number of aromatic amines is 1. The van der Waals surface area contributed by atoms with Crippen LogP contribution in [0.1, 0.15) is 21.6 Å². The van der Waals surface area contributed by atoms with Crippen molar-refractivity contribution in [2.75, 3.05) is 5.32 Å². The van der Waals surface area contributed by atoms with Crippen LogP contribution in [0.5, 0.6) is 0 Å². The lowest BCUT2D eigenvalue weighted by molar-refractivity contribution is 0.102. The maximum absolute atomic E-state index is 12.3. The number of aromatic nitrogens is 2. The third kappa shape index (κ3) is 2.69. The van der Waals surface area contributed by atoms with E-state index in [1.165, 1.54) is 5.56 Å². The van der Waals surface area contributed by atoms with Crippen molar-refractivity contribution in [1.82, 2.24) is 9.97 Å². The fourth-order valence-electron chi connectivity index (χ4n) is 2.26. The van der Waals surface area contributed by atoms with Gasteiger partial charge in [0.15, 0.2) is 0 Å². The molecule has 0 radical (unpaired) electrons. The Hall–Kier alpha value is -2.14. The first-order valence-corrected chi connectivity index (χ1v) is 7.36. The number of aryl methyl sites for hydroxylation is 2. The quantitative estimate of drug-likeness (QED) is 0.732. The number of rotatable bonds is 2. The third-order valence-electron chi connectivity index (χ3n) is 3.53. The summed E-state index contributed by atoms with van der Waals surface area (Å²) < 4.78 is 0.875.